The number of nitrogens with one attached hydrogen (secondary N) is 2. The van der Waals surface area contributed by atoms with Crippen LogP contribution in [0.5, 0.6) is 0 Å². The summed E-state index contributed by atoms with van der Waals surface area (Å²) in [4.78, 5) is 22.2. The molecule has 0 bridgehead atoms. The molecule has 0 spiro atoms. The van der Waals surface area contributed by atoms with Gasteiger partial charge in [0, 0.05) is 6.04 Å². The molecule has 0 radical (unpaired) electrons. The molecule has 0 saturated carbocycles. The van der Waals surface area contributed by atoms with Crippen molar-refractivity contribution >= 4 is 12.0 Å². The van der Waals surface area contributed by atoms with Crippen molar-refractivity contribution in [1.29, 1.82) is 0 Å². The van der Waals surface area contributed by atoms with E-state index < -0.39 is 18.0 Å². The van der Waals surface area contributed by atoms with E-state index in [-0.39, 0.29) is 6.04 Å². The lowest BCUT2D eigenvalue weighted by molar-refractivity contribution is -0.139. The van der Waals surface area contributed by atoms with Crippen molar-refractivity contribution in [3.05, 3.63) is 12.7 Å². The Morgan fingerprint density at radius 3 is 2.50 bits per heavy atom. The van der Waals surface area contributed by atoms with Gasteiger partial charge < -0.3 is 15.7 Å². The molecule has 1 unspecified atom stereocenters. The summed E-state index contributed by atoms with van der Waals surface area (Å²) in [5, 5.41) is 13.9. The Balaban J connectivity index is 4.12. The van der Waals surface area contributed by atoms with E-state index in [0.717, 1.165) is 12.8 Å². The van der Waals surface area contributed by atoms with Crippen LogP contribution in [0.3, 0.4) is 0 Å². The molecule has 0 aliphatic carbocycles. The van der Waals surface area contributed by atoms with Crippen molar-refractivity contribution in [2.45, 2.75) is 45.2 Å². The first-order valence-electron chi connectivity index (χ1n) is 5.43. The lowest BCUT2D eigenvalue weighted by Gasteiger charge is -2.16. The average Bonchev–Trinajstić information content (AvgIpc) is 2.23. The Morgan fingerprint density at radius 2 is 2.06 bits per heavy atom. The van der Waals surface area contributed by atoms with Crippen molar-refractivity contribution in [2.24, 2.45) is 0 Å². The van der Waals surface area contributed by atoms with Crippen LogP contribution in [0.15, 0.2) is 12.7 Å². The molecule has 0 rings (SSSR count). The number of carbonyl (C=O) groups excluding carboxylic acids is 1. The van der Waals surface area contributed by atoms with Gasteiger partial charge in [-0.05, 0) is 13.3 Å². The molecule has 0 aliphatic heterocycles. The van der Waals surface area contributed by atoms with Gasteiger partial charge in [-0.3, -0.25) is 0 Å². The number of amides is 2. The fourth-order valence-corrected chi connectivity index (χ4v) is 1.13. The highest BCUT2D eigenvalue weighted by Gasteiger charge is 2.19. The van der Waals surface area contributed by atoms with Crippen LogP contribution in [0.1, 0.15) is 33.1 Å². The van der Waals surface area contributed by atoms with Gasteiger partial charge in [-0.2, -0.15) is 0 Å². The molecule has 5 nitrogen and oxygen atoms in total. The molecule has 0 fully saturated rings. The highest BCUT2D eigenvalue weighted by Crippen LogP contribution is 2.00. The zero-order chi connectivity index (χ0) is 12.6. The SMILES string of the molecule is C=CC(C)NC(=O)N[C@@H](CCCC)C(=O)O. The summed E-state index contributed by atoms with van der Waals surface area (Å²) in [6, 6.07) is -1.48. The first-order valence-corrected chi connectivity index (χ1v) is 5.43. The molecule has 0 aromatic carbocycles. The second-order valence-corrected chi connectivity index (χ2v) is 3.68. The van der Waals surface area contributed by atoms with Crippen molar-refractivity contribution in [3.63, 3.8) is 0 Å². The Hall–Kier alpha value is -1.52. The van der Waals surface area contributed by atoms with Crippen LogP contribution in [0.25, 0.3) is 0 Å². The van der Waals surface area contributed by atoms with Gasteiger partial charge >= 0.3 is 12.0 Å². The third kappa shape index (κ3) is 6.06. The first-order chi connectivity index (χ1) is 7.51. The van der Waals surface area contributed by atoms with Crippen LogP contribution >= 0.6 is 0 Å². The maximum Gasteiger partial charge on any atom is 0.326 e. The van der Waals surface area contributed by atoms with E-state index in [1.807, 2.05) is 6.92 Å². The summed E-state index contributed by atoms with van der Waals surface area (Å²) in [5.74, 6) is -1.00. The van der Waals surface area contributed by atoms with E-state index in [1.54, 1.807) is 13.0 Å². The second-order valence-electron chi connectivity index (χ2n) is 3.68. The van der Waals surface area contributed by atoms with Crippen molar-refractivity contribution in [2.75, 3.05) is 0 Å². The van der Waals surface area contributed by atoms with E-state index in [1.165, 1.54) is 0 Å². The number of hydrogen-bond acceptors (Lipinski definition) is 2. The number of aliphatic carboxylic acids is 1. The predicted octanol–water partition coefficient (Wildman–Crippen LogP) is 1.50. The van der Waals surface area contributed by atoms with Crippen molar-refractivity contribution in [3.8, 4) is 0 Å². The highest BCUT2D eigenvalue weighted by atomic mass is 16.4. The van der Waals surface area contributed by atoms with Crippen LogP contribution in [-0.2, 0) is 4.79 Å². The van der Waals surface area contributed by atoms with Crippen molar-refractivity contribution in [1.82, 2.24) is 10.6 Å². The Bertz CT molecular complexity index is 254. The van der Waals surface area contributed by atoms with Crippen LogP contribution in [0.4, 0.5) is 4.79 Å². The normalized spacial score (nSPS) is 13.6. The topological polar surface area (TPSA) is 78.4 Å². The standard InChI is InChI=1S/C11H20N2O3/c1-4-6-7-9(10(14)15)13-11(16)12-8(3)5-2/h5,8-9H,2,4,6-7H2,1,3H3,(H,14,15)(H2,12,13,16)/t8?,9-/m0/s1. The van der Waals surface area contributed by atoms with E-state index in [4.69, 9.17) is 5.11 Å². The molecule has 3 N–H and O–H groups in total. The molecule has 0 saturated heterocycles. The summed E-state index contributed by atoms with van der Waals surface area (Å²) >= 11 is 0. The van der Waals surface area contributed by atoms with Crippen molar-refractivity contribution < 1.29 is 14.7 Å². The van der Waals surface area contributed by atoms with Gasteiger partial charge in [-0.25, -0.2) is 9.59 Å². The largest absolute Gasteiger partial charge is 0.480 e. The quantitative estimate of drug-likeness (QED) is 0.578. The summed E-state index contributed by atoms with van der Waals surface area (Å²) in [7, 11) is 0. The van der Waals surface area contributed by atoms with Gasteiger partial charge in [0.2, 0.25) is 0 Å². The summed E-state index contributed by atoms with van der Waals surface area (Å²) < 4.78 is 0. The van der Waals surface area contributed by atoms with Gasteiger partial charge in [-0.15, -0.1) is 6.58 Å². The molecule has 0 aliphatic rings. The van der Waals surface area contributed by atoms with E-state index in [9.17, 15) is 9.59 Å². The Kier molecular flexibility index (Phi) is 7.00. The minimum Gasteiger partial charge on any atom is -0.480 e. The number of carbonyl (C=O) groups is 2. The molecule has 92 valence electrons. The monoisotopic (exact) mass is 228 g/mol. The van der Waals surface area contributed by atoms with E-state index >= 15 is 0 Å². The maximum absolute atomic E-state index is 11.4. The Labute approximate surface area is 95.9 Å². The fourth-order valence-electron chi connectivity index (χ4n) is 1.13. The zero-order valence-corrected chi connectivity index (χ0v) is 9.82. The number of urea groups is 1. The van der Waals surface area contributed by atoms with Crippen LogP contribution < -0.4 is 10.6 Å². The maximum atomic E-state index is 11.4. The third-order valence-corrected chi connectivity index (χ3v) is 2.16. The first kappa shape index (κ1) is 14.5. The van der Waals surface area contributed by atoms with Crippen LogP contribution in [-0.4, -0.2) is 29.2 Å². The molecular weight excluding hydrogens is 208 g/mol. The third-order valence-electron chi connectivity index (χ3n) is 2.16. The van der Waals surface area contributed by atoms with Gasteiger partial charge in [0.25, 0.3) is 0 Å². The van der Waals surface area contributed by atoms with Gasteiger partial charge in [0.1, 0.15) is 6.04 Å². The molecule has 0 heterocycles. The van der Waals surface area contributed by atoms with Crippen LogP contribution in [0.2, 0.25) is 0 Å². The lowest BCUT2D eigenvalue weighted by atomic mass is 10.1. The summed E-state index contributed by atoms with van der Waals surface area (Å²) in [6.07, 6.45) is 3.69. The lowest BCUT2D eigenvalue weighted by Crippen LogP contribution is -2.48. The number of carboxylic acid groups (broad SMARTS) is 1. The van der Waals surface area contributed by atoms with Gasteiger partial charge in [-0.1, -0.05) is 25.8 Å². The number of unbranched alkanes of at least 4 members (excludes halogenated alkanes) is 1. The molecule has 16 heavy (non-hydrogen) atoms. The van der Waals surface area contributed by atoms with Gasteiger partial charge in [0.05, 0.1) is 0 Å². The number of carboxylic acids is 1. The Morgan fingerprint density at radius 1 is 1.44 bits per heavy atom. The minimum absolute atomic E-state index is 0.180. The number of rotatable bonds is 7. The molecular formula is C11H20N2O3. The molecule has 2 atom stereocenters. The summed E-state index contributed by atoms with van der Waals surface area (Å²) in [6.45, 7) is 7.25. The molecule has 0 aromatic rings. The summed E-state index contributed by atoms with van der Waals surface area (Å²) in [5.41, 5.74) is 0. The molecule has 5 heteroatoms. The predicted molar refractivity (Wildman–Crippen MR) is 62.3 cm³/mol. The minimum atomic E-state index is -1.00. The zero-order valence-electron chi connectivity index (χ0n) is 9.82. The smallest absolute Gasteiger partial charge is 0.326 e. The van der Waals surface area contributed by atoms with Crippen LogP contribution in [0, 0.1) is 0 Å². The molecule has 2 amide bonds. The second kappa shape index (κ2) is 7.73. The van der Waals surface area contributed by atoms with E-state index in [2.05, 4.69) is 17.2 Å². The number of hydrogen-bond donors (Lipinski definition) is 3. The fraction of sp³-hybridized carbons (Fsp3) is 0.636. The highest BCUT2D eigenvalue weighted by molar-refractivity contribution is 5.82. The average molecular weight is 228 g/mol. The van der Waals surface area contributed by atoms with E-state index in [0.29, 0.717) is 6.42 Å². The molecule has 0 aromatic heterocycles. The van der Waals surface area contributed by atoms with Gasteiger partial charge in [0.15, 0.2) is 0 Å².